The average Bonchev–Trinajstić information content (AvgIpc) is 2.33. The van der Waals surface area contributed by atoms with Gasteiger partial charge in [0.2, 0.25) is 5.91 Å². The van der Waals surface area contributed by atoms with E-state index in [2.05, 4.69) is 45.1 Å². The molecule has 0 aromatic rings. The lowest BCUT2D eigenvalue weighted by molar-refractivity contribution is -0.121. The first-order valence-electron chi connectivity index (χ1n) is 7.55. The van der Waals surface area contributed by atoms with Crippen molar-refractivity contribution in [2.75, 3.05) is 27.2 Å². The van der Waals surface area contributed by atoms with E-state index >= 15 is 0 Å². The van der Waals surface area contributed by atoms with E-state index in [0.717, 1.165) is 32.4 Å². The standard InChI is InChI=1S/C15H33N3O/c1-6-13(9-10-16)7-8-15(19)17-11-14(12(2)3)18(4)5/h12-14H,6-11,16H2,1-5H3,(H,17,19). The molecule has 4 heteroatoms. The number of hydrogen-bond acceptors (Lipinski definition) is 3. The highest BCUT2D eigenvalue weighted by molar-refractivity contribution is 5.75. The molecular formula is C15H33N3O. The van der Waals surface area contributed by atoms with Gasteiger partial charge in [0.1, 0.15) is 0 Å². The molecule has 4 nitrogen and oxygen atoms in total. The second-order valence-electron chi connectivity index (χ2n) is 5.97. The number of likely N-dealkylation sites (N-methyl/N-ethyl adjacent to an activating group) is 1. The van der Waals surface area contributed by atoms with Crippen LogP contribution in [0.4, 0.5) is 0 Å². The number of nitrogens with zero attached hydrogens (tertiary/aromatic N) is 1. The van der Waals surface area contributed by atoms with Crippen molar-refractivity contribution in [1.29, 1.82) is 0 Å². The Labute approximate surface area is 119 Å². The van der Waals surface area contributed by atoms with Crippen LogP contribution in [0.15, 0.2) is 0 Å². The summed E-state index contributed by atoms with van der Waals surface area (Å²) in [5.74, 6) is 1.30. The summed E-state index contributed by atoms with van der Waals surface area (Å²) in [7, 11) is 4.12. The molecule has 0 fully saturated rings. The number of rotatable bonds is 10. The second kappa shape index (κ2) is 10.2. The minimum absolute atomic E-state index is 0.169. The molecule has 19 heavy (non-hydrogen) atoms. The topological polar surface area (TPSA) is 58.4 Å². The summed E-state index contributed by atoms with van der Waals surface area (Å²) in [5, 5.41) is 3.06. The van der Waals surface area contributed by atoms with E-state index in [9.17, 15) is 4.79 Å². The van der Waals surface area contributed by atoms with Gasteiger partial charge in [-0.25, -0.2) is 0 Å². The third kappa shape index (κ3) is 8.22. The number of carbonyl (C=O) groups excluding carboxylic acids is 1. The predicted molar refractivity (Wildman–Crippen MR) is 82.0 cm³/mol. The van der Waals surface area contributed by atoms with Gasteiger partial charge in [-0.15, -0.1) is 0 Å². The minimum Gasteiger partial charge on any atom is -0.355 e. The third-order valence-electron chi connectivity index (χ3n) is 3.87. The molecule has 3 N–H and O–H groups in total. The Morgan fingerprint density at radius 1 is 1.26 bits per heavy atom. The van der Waals surface area contributed by atoms with Crippen LogP contribution in [0.3, 0.4) is 0 Å². The number of nitrogens with two attached hydrogens (primary N) is 1. The summed E-state index contributed by atoms with van der Waals surface area (Å²) < 4.78 is 0. The van der Waals surface area contributed by atoms with Crippen molar-refractivity contribution in [3.05, 3.63) is 0 Å². The van der Waals surface area contributed by atoms with Gasteiger partial charge >= 0.3 is 0 Å². The maximum Gasteiger partial charge on any atom is 0.220 e. The summed E-state index contributed by atoms with van der Waals surface area (Å²) in [6.07, 6.45) is 3.71. The molecule has 0 saturated heterocycles. The Hall–Kier alpha value is -0.610. The van der Waals surface area contributed by atoms with Crippen LogP contribution in [0.25, 0.3) is 0 Å². The molecule has 0 rings (SSSR count). The Bertz CT molecular complexity index is 234. The lowest BCUT2D eigenvalue weighted by Gasteiger charge is -2.28. The fourth-order valence-corrected chi connectivity index (χ4v) is 2.44. The fourth-order valence-electron chi connectivity index (χ4n) is 2.44. The highest BCUT2D eigenvalue weighted by Crippen LogP contribution is 2.14. The van der Waals surface area contributed by atoms with Gasteiger partial charge in [-0.1, -0.05) is 27.2 Å². The molecule has 2 atom stereocenters. The van der Waals surface area contributed by atoms with E-state index in [-0.39, 0.29) is 5.91 Å². The molecule has 0 radical (unpaired) electrons. The number of hydrogen-bond donors (Lipinski definition) is 2. The van der Waals surface area contributed by atoms with E-state index < -0.39 is 0 Å². The van der Waals surface area contributed by atoms with E-state index in [1.807, 2.05) is 0 Å². The summed E-state index contributed by atoms with van der Waals surface area (Å²) in [5.41, 5.74) is 5.57. The zero-order valence-corrected chi connectivity index (χ0v) is 13.4. The van der Waals surface area contributed by atoms with Crippen molar-refractivity contribution >= 4 is 5.91 Å². The first kappa shape index (κ1) is 18.4. The molecule has 114 valence electrons. The Morgan fingerprint density at radius 3 is 2.32 bits per heavy atom. The molecule has 0 aliphatic carbocycles. The van der Waals surface area contributed by atoms with Gasteiger partial charge in [0, 0.05) is 19.0 Å². The minimum atomic E-state index is 0.169. The Kier molecular flexibility index (Phi) is 9.88. The van der Waals surface area contributed by atoms with Gasteiger partial charge in [0.15, 0.2) is 0 Å². The van der Waals surface area contributed by atoms with E-state index in [4.69, 9.17) is 5.73 Å². The summed E-state index contributed by atoms with van der Waals surface area (Å²) in [4.78, 5) is 14.0. The van der Waals surface area contributed by atoms with Crippen LogP contribution in [0, 0.1) is 11.8 Å². The fraction of sp³-hybridized carbons (Fsp3) is 0.933. The second-order valence-corrected chi connectivity index (χ2v) is 5.97. The quantitative estimate of drug-likeness (QED) is 0.637. The van der Waals surface area contributed by atoms with Crippen molar-refractivity contribution in [3.63, 3.8) is 0 Å². The van der Waals surface area contributed by atoms with Crippen LogP contribution in [0.5, 0.6) is 0 Å². The molecular weight excluding hydrogens is 238 g/mol. The van der Waals surface area contributed by atoms with Gasteiger partial charge in [0.05, 0.1) is 0 Å². The number of amides is 1. The van der Waals surface area contributed by atoms with E-state index in [1.54, 1.807) is 0 Å². The zero-order chi connectivity index (χ0) is 14.8. The Morgan fingerprint density at radius 2 is 1.89 bits per heavy atom. The first-order chi connectivity index (χ1) is 8.92. The maximum absolute atomic E-state index is 11.9. The van der Waals surface area contributed by atoms with Gasteiger partial charge in [-0.2, -0.15) is 0 Å². The largest absolute Gasteiger partial charge is 0.355 e. The molecule has 0 aromatic heterocycles. The maximum atomic E-state index is 11.9. The molecule has 0 aromatic carbocycles. The summed E-state index contributed by atoms with van der Waals surface area (Å²) in [6, 6.07) is 0.398. The number of carbonyl (C=O) groups is 1. The van der Waals surface area contributed by atoms with Crippen LogP contribution >= 0.6 is 0 Å². The van der Waals surface area contributed by atoms with E-state index in [1.165, 1.54) is 0 Å². The highest BCUT2D eigenvalue weighted by Gasteiger charge is 2.16. The lowest BCUT2D eigenvalue weighted by atomic mass is 9.96. The van der Waals surface area contributed by atoms with Crippen molar-refractivity contribution in [2.24, 2.45) is 17.6 Å². The normalized spacial score (nSPS) is 14.7. The molecule has 0 saturated carbocycles. The average molecular weight is 271 g/mol. The molecule has 1 amide bonds. The SMILES string of the molecule is CCC(CCN)CCC(=O)NCC(C(C)C)N(C)C. The smallest absolute Gasteiger partial charge is 0.220 e. The van der Waals surface area contributed by atoms with E-state index in [0.29, 0.717) is 24.3 Å². The van der Waals surface area contributed by atoms with Gasteiger partial charge in [-0.05, 0) is 45.3 Å². The molecule has 0 aliphatic heterocycles. The van der Waals surface area contributed by atoms with Gasteiger partial charge in [0.25, 0.3) is 0 Å². The summed E-state index contributed by atoms with van der Waals surface area (Å²) >= 11 is 0. The molecule has 2 unspecified atom stereocenters. The highest BCUT2D eigenvalue weighted by atomic mass is 16.1. The van der Waals surface area contributed by atoms with Crippen molar-refractivity contribution in [3.8, 4) is 0 Å². The van der Waals surface area contributed by atoms with Gasteiger partial charge in [-0.3, -0.25) is 4.79 Å². The van der Waals surface area contributed by atoms with Gasteiger partial charge < -0.3 is 16.0 Å². The monoisotopic (exact) mass is 271 g/mol. The lowest BCUT2D eigenvalue weighted by Crippen LogP contribution is -2.43. The van der Waals surface area contributed by atoms with Crippen LogP contribution < -0.4 is 11.1 Å². The van der Waals surface area contributed by atoms with Crippen molar-refractivity contribution < 1.29 is 4.79 Å². The van der Waals surface area contributed by atoms with Crippen LogP contribution in [0.2, 0.25) is 0 Å². The summed E-state index contributed by atoms with van der Waals surface area (Å²) in [6.45, 7) is 7.99. The van der Waals surface area contributed by atoms with Crippen LogP contribution in [-0.4, -0.2) is 44.0 Å². The van der Waals surface area contributed by atoms with Crippen molar-refractivity contribution in [2.45, 2.75) is 52.5 Å². The van der Waals surface area contributed by atoms with Crippen LogP contribution in [0.1, 0.15) is 46.5 Å². The van der Waals surface area contributed by atoms with Crippen LogP contribution in [-0.2, 0) is 4.79 Å². The molecule has 0 spiro atoms. The zero-order valence-electron chi connectivity index (χ0n) is 13.4. The molecule has 0 bridgehead atoms. The molecule has 0 heterocycles. The predicted octanol–water partition coefficient (Wildman–Crippen LogP) is 1.84. The molecule has 0 aliphatic rings. The first-order valence-corrected chi connectivity index (χ1v) is 7.55. The van der Waals surface area contributed by atoms with Crippen molar-refractivity contribution in [1.82, 2.24) is 10.2 Å². The number of nitrogens with one attached hydrogen (secondary N) is 1. The third-order valence-corrected chi connectivity index (χ3v) is 3.87. The Balaban J connectivity index is 3.97.